The Balaban J connectivity index is 1.86. The molecule has 1 aliphatic rings. The fourth-order valence-corrected chi connectivity index (χ4v) is 3.91. The van der Waals surface area contributed by atoms with Gasteiger partial charge in [-0.1, -0.05) is 28.1 Å². The first kappa shape index (κ1) is 16.9. The predicted molar refractivity (Wildman–Crippen MR) is 89.7 cm³/mol. The van der Waals surface area contributed by atoms with E-state index >= 15 is 0 Å². The SMILES string of the molecule is C[C@H](NCC1CCCN(S(C)(=O)=O)C1)c1ccc(Br)cc1. The van der Waals surface area contributed by atoms with Crippen molar-refractivity contribution >= 4 is 26.0 Å². The highest BCUT2D eigenvalue weighted by atomic mass is 79.9. The molecule has 21 heavy (non-hydrogen) atoms. The molecule has 0 spiro atoms. The van der Waals surface area contributed by atoms with E-state index in [1.54, 1.807) is 4.31 Å². The first-order valence-corrected chi connectivity index (χ1v) is 9.94. The maximum Gasteiger partial charge on any atom is 0.211 e. The number of nitrogens with one attached hydrogen (secondary N) is 1. The molecular formula is C15H23BrN2O2S. The van der Waals surface area contributed by atoms with Crippen molar-refractivity contribution in [2.24, 2.45) is 5.92 Å². The van der Waals surface area contributed by atoms with Crippen LogP contribution in [0.3, 0.4) is 0 Å². The summed E-state index contributed by atoms with van der Waals surface area (Å²) in [6, 6.07) is 8.56. The molecule has 1 aliphatic heterocycles. The molecule has 0 amide bonds. The number of hydrogen-bond donors (Lipinski definition) is 1. The lowest BCUT2D eigenvalue weighted by molar-refractivity contribution is 0.257. The third kappa shape index (κ3) is 5.06. The summed E-state index contributed by atoms with van der Waals surface area (Å²) in [5.74, 6) is 0.395. The summed E-state index contributed by atoms with van der Waals surface area (Å²) in [5.41, 5.74) is 1.24. The Kier molecular flexibility index (Phi) is 5.82. The molecule has 1 N–H and O–H groups in total. The molecule has 0 aromatic heterocycles. The van der Waals surface area contributed by atoms with E-state index < -0.39 is 10.0 Å². The molecule has 2 atom stereocenters. The van der Waals surface area contributed by atoms with Crippen molar-refractivity contribution in [1.29, 1.82) is 0 Å². The number of nitrogens with zero attached hydrogens (tertiary/aromatic N) is 1. The molecule has 2 rings (SSSR count). The molecule has 0 aliphatic carbocycles. The summed E-state index contributed by atoms with van der Waals surface area (Å²) in [4.78, 5) is 0. The highest BCUT2D eigenvalue weighted by Gasteiger charge is 2.25. The molecule has 6 heteroatoms. The van der Waals surface area contributed by atoms with Gasteiger partial charge in [0.15, 0.2) is 0 Å². The summed E-state index contributed by atoms with van der Waals surface area (Å²) in [6.07, 6.45) is 3.34. The monoisotopic (exact) mass is 374 g/mol. The Morgan fingerprint density at radius 2 is 2.05 bits per heavy atom. The Morgan fingerprint density at radius 1 is 1.38 bits per heavy atom. The summed E-state index contributed by atoms with van der Waals surface area (Å²) in [7, 11) is -3.05. The Labute approximate surface area is 136 Å². The third-order valence-electron chi connectivity index (χ3n) is 4.03. The van der Waals surface area contributed by atoms with Crippen LogP contribution in [0.1, 0.15) is 31.4 Å². The fraction of sp³-hybridized carbons (Fsp3) is 0.600. The van der Waals surface area contributed by atoms with Gasteiger partial charge in [0.1, 0.15) is 0 Å². The maximum absolute atomic E-state index is 11.6. The van der Waals surface area contributed by atoms with Crippen molar-refractivity contribution in [3.8, 4) is 0 Å². The van der Waals surface area contributed by atoms with Gasteiger partial charge < -0.3 is 5.32 Å². The largest absolute Gasteiger partial charge is 0.310 e. The highest BCUT2D eigenvalue weighted by Crippen LogP contribution is 2.20. The van der Waals surface area contributed by atoms with Crippen molar-refractivity contribution in [3.63, 3.8) is 0 Å². The van der Waals surface area contributed by atoms with E-state index in [0.717, 1.165) is 23.9 Å². The van der Waals surface area contributed by atoms with Gasteiger partial charge in [-0.05, 0) is 49.9 Å². The summed E-state index contributed by atoms with van der Waals surface area (Å²) in [5, 5.41) is 3.52. The number of piperidine rings is 1. The zero-order valence-electron chi connectivity index (χ0n) is 12.5. The summed E-state index contributed by atoms with van der Waals surface area (Å²) >= 11 is 3.44. The topological polar surface area (TPSA) is 49.4 Å². The van der Waals surface area contributed by atoms with E-state index in [4.69, 9.17) is 0 Å². The first-order chi connectivity index (χ1) is 9.86. The molecule has 1 fully saturated rings. The van der Waals surface area contributed by atoms with Crippen LogP contribution in [0.25, 0.3) is 0 Å². The van der Waals surface area contributed by atoms with Crippen LogP contribution in [0.4, 0.5) is 0 Å². The van der Waals surface area contributed by atoms with E-state index in [0.29, 0.717) is 19.0 Å². The van der Waals surface area contributed by atoms with E-state index in [9.17, 15) is 8.42 Å². The Bertz CT molecular complexity index is 560. The minimum atomic E-state index is -3.05. The van der Waals surface area contributed by atoms with Gasteiger partial charge in [-0.25, -0.2) is 12.7 Å². The second-order valence-corrected chi connectivity index (χ2v) is 8.71. The van der Waals surface area contributed by atoms with E-state index in [1.807, 2.05) is 12.1 Å². The minimum Gasteiger partial charge on any atom is -0.310 e. The minimum absolute atomic E-state index is 0.270. The molecule has 0 radical (unpaired) electrons. The van der Waals surface area contributed by atoms with Crippen LogP contribution in [0.2, 0.25) is 0 Å². The molecule has 0 saturated carbocycles. The van der Waals surface area contributed by atoms with Gasteiger partial charge >= 0.3 is 0 Å². The van der Waals surface area contributed by atoms with Crippen LogP contribution in [-0.2, 0) is 10.0 Å². The zero-order chi connectivity index (χ0) is 15.5. The van der Waals surface area contributed by atoms with E-state index in [2.05, 4.69) is 40.3 Å². The lowest BCUT2D eigenvalue weighted by Crippen LogP contribution is -2.42. The molecule has 1 aromatic carbocycles. The molecule has 1 saturated heterocycles. The lowest BCUT2D eigenvalue weighted by Gasteiger charge is -2.31. The second-order valence-electron chi connectivity index (χ2n) is 5.81. The van der Waals surface area contributed by atoms with E-state index in [-0.39, 0.29) is 6.04 Å². The number of benzene rings is 1. The van der Waals surface area contributed by atoms with Gasteiger partial charge in [0.25, 0.3) is 0 Å². The zero-order valence-corrected chi connectivity index (χ0v) is 15.0. The van der Waals surface area contributed by atoms with Gasteiger partial charge in [0, 0.05) is 23.6 Å². The summed E-state index contributed by atoms with van der Waals surface area (Å²) in [6.45, 7) is 4.29. The van der Waals surface area contributed by atoms with Gasteiger partial charge in [0.2, 0.25) is 10.0 Å². The number of halogens is 1. The average molecular weight is 375 g/mol. The number of rotatable bonds is 5. The quantitative estimate of drug-likeness (QED) is 0.861. The van der Waals surface area contributed by atoms with Gasteiger partial charge in [0.05, 0.1) is 6.26 Å². The summed E-state index contributed by atoms with van der Waals surface area (Å²) < 4.78 is 25.9. The molecule has 1 aromatic rings. The van der Waals surface area contributed by atoms with Gasteiger partial charge in [-0.2, -0.15) is 0 Å². The van der Waals surface area contributed by atoms with Crippen LogP contribution >= 0.6 is 15.9 Å². The normalized spacial score (nSPS) is 22.1. The standard InChI is InChI=1S/C15H23BrN2O2S/c1-12(14-5-7-15(16)8-6-14)17-10-13-4-3-9-18(11-13)21(2,19)20/h5-8,12-13,17H,3-4,9-11H2,1-2H3/t12-,13?/m0/s1. The van der Waals surface area contributed by atoms with Gasteiger partial charge in [-0.3, -0.25) is 0 Å². The number of hydrogen-bond acceptors (Lipinski definition) is 3. The molecular weight excluding hydrogens is 352 g/mol. The molecule has 1 unspecified atom stereocenters. The van der Waals surface area contributed by atoms with Crippen molar-refractivity contribution in [1.82, 2.24) is 9.62 Å². The first-order valence-electron chi connectivity index (χ1n) is 7.30. The van der Waals surface area contributed by atoms with E-state index in [1.165, 1.54) is 11.8 Å². The molecule has 0 bridgehead atoms. The Hall–Kier alpha value is -0.430. The molecule has 1 heterocycles. The maximum atomic E-state index is 11.6. The van der Waals surface area contributed by atoms with Crippen molar-refractivity contribution in [2.75, 3.05) is 25.9 Å². The lowest BCUT2D eigenvalue weighted by atomic mass is 9.99. The second kappa shape index (κ2) is 7.22. The third-order valence-corrected chi connectivity index (χ3v) is 5.83. The molecule has 4 nitrogen and oxygen atoms in total. The van der Waals surface area contributed by atoms with Crippen LogP contribution < -0.4 is 5.32 Å². The van der Waals surface area contributed by atoms with Crippen molar-refractivity contribution in [2.45, 2.75) is 25.8 Å². The fourth-order valence-electron chi connectivity index (χ4n) is 2.71. The highest BCUT2D eigenvalue weighted by molar-refractivity contribution is 9.10. The van der Waals surface area contributed by atoms with Crippen LogP contribution in [0, 0.1) is 5.92 Å². The van der Waals surface area contributed by atoms with Gasteiger partial charge in [-0.15, -0.1) is 0 Å². The van der Waals surface area contributed by atoms with Crippen LogP contribution in [-0.4, -0.2) is 38.6 Å². The van der Waals surface area contributed by atoms with Crippen LogP contribution in [0.15, 0.2) is 28.7 Å². The Morgan fingerprint density at radius 3 is 2.67 bits per heavy atom. The van der Waals surface area contributed by atoms with Crippen molar-refractivity contribution < 1.29 is 8.42 Å². The van der Waals surface area contributed by atoms with Crippen LogP contribution in [0.5, 0.6) is 0 Å². The van der Waals surface area contributed by atoms with Crippen molar-refractivity contribution in [3.05, 3.63) is 34.3 Å². The number of sulfonamides is 1. The average Bonchev–Trinajstić information content (AvgIpc) is 2.45. The smallest absolute Gasteiger partial charge is 0.211 e. The molecule has 118 valence electrons. The predicted octanol–water partition coefficient (Wildman–Crippen LogP) is 2.77.